The van der Waals surface area contributed by atoms with Crippen LogP contribution in [0.15, 0.2) is 24.5 Å². The van der Waals surface area contributed by atoms with Gasteiger partial charge in [-0.3, -0.25) is 4.68 Å². The topological polar surface area (TPSA) is 82.7 Å². The second-order valence-electron chi connectivity index (χ2n) is 8.55. The summed E-state index contributed by atoms with van der Waals surface area (Å²) in [6.07, 6.45) is 9.48. The Morgan fingerprint density at radius 3 is 2.73 bits per heavy atom. The van der Waals surface area contributed by atoms with Crippen molar-refractivity contribution in [3.8, 4) is 6.07 Å². The zero-order valence-corrected chi connectivity index (χ0v) is 20.4. The third kappa shape index (κ3) is 5.75. The maximum absolute atomic E-state index is 8.82. The van der Waals surface area contributed by atoms with Gasteiger partial charge in [0.15, 0.2) is 5.15 Å². The summed E-state index contributed by atoms with van der Waals surface area (Å²) in [6, 6.07) is 6.28. The van der Waals surface area contributed by atoms with Crippen molar-refractivity contribution in [2.45, 2.75) is 57.9 Å². The molecule has 0 saturated carbocycles. The lowest BCUT2D eigenvalue weighted by Gasteiger charge is -2.32. The molecule has 3 aromatic rings. The molecule has 0 aliphatic carbocycles. The molecule has 0 radical (unpaired) electrons. The fourth-order valence-electron chi connectivity index (χ4n) is 4.36. The number of fused-ring (bicyclic) bond motifs is 1. The van der Waals surface area contributed by atoms with Crippen LogP contribution in [0.5, 0.6) is 0 Å². The van der Waals surface area contributed by atoms with E-state index in [2.05, 4.69) is 39.4 Å². The molecule has 0 amide bonds. The summed E-state index contributed by atoms with van der Waals surface area (Å²) in [5.41, 5.74) is 2.69. The summed E-state index contributed by atoms with van der Waals surface area (Å²) >= 11 is 13.2. The Morgan fingerprint density at radius 1 is 1.15 bits per heavy atom. The number of rotatable bonds is 9. The van der Waals surface area contributed by atoms with Gasteiger partial charge < -0.3 is 10.2 Å². The van der Waals surface area contributed by atoms with Crippen molar-refractivity contribution in [3.63, 3.8) is 0 Å². The van der Waals surface area contributed by atoms with Crippen molar-refractivity contribution in [1.82, 2.24) is 24.6 Å². The Hall–Kier alpha value is -2.40. The standard InChI is InChI=1S/C24H29Cl2N7/c1-2-3-4-10-33-23(26)22(16-29-33)31-24-28-15-18-13-20(25)19(14-21(18)30-24)17-6-11-32(12-7-17)9-5-8-27/h13-17H,2-7,9-12H2,1H3,(H,28,30,31). The highest BCUT2D eigenvalue weighted by molar-refractivity contribution is 6.32. The lowest BCUT2D eigenvalue weighted by Crippen LogP contribution is -2.33. The number of hydrogen-bond acceptors (Lipinski definition) is 6. The van der Waals surface area contributed by atoms with Gasteiger partial charge in [-0.25, -0.2) is 9.97 Å². The number of piperidine rings is 1. The summed E-state index contributed by atoms with van der Waals surface area (Å²) in [6.45, 7) is 5.78. The molecule has 174 valence electrons. The third-order valence-corrected chi connectivity index (χ3v) is 6.99. The molecule has 33 heavy (non-hydrogen) atoms. The van der Waals surface area contributed by atoms with E-state index in [0.29, 0.717) is 29.1 Å². The number of aryl methyl sites for hydroxylation is 1. The van der Waals surface area contributed by atoms with E-state index in [0.717, 1.165) is 79.8 Å². The van der Waals surface area contributed by atoms with E-state index in [4.69, 9.17) is 33.4 Å². The fraction of sp³-hybridized carbons (Fsp3) is 0.500. The Bertz CT molecular complexity index is 1130. The van der Waals surface area contributed by atoms with E-state index in [-0.39, 0.29) is 0 Å². The summed E-state index contributed by atoms with van der Waals surface area (Å²) < 4.78 is 1.81. The number of nitriles is 1. The van der Waals surface area contributed by atoms with Crippen LogP contribution in [-0.2, 0) is 6.54 Å². The third-order valence-electron chi connectivity index (χ3n) is 6.26. The zero-order valence-electron chi connectivity index (χ0n) is 18.9. The number of anilines is 2. The molecule has 2 aromatic heterocycles. The van der Waals surface area contributed by atoms with Crippen molar-refractivity contribution in [2.75, 3.05) is 25.0 Å². The van der Waals surface area contributed by atoms with Crippen LogP contribution in [0, 0.1) is 11.3 Å². The molecule has 0 spiro atoms. The number of benzene rings is 1. The SMILES string of the molecule is CCCCCn1ncc(Nc2ncc3cc(Cl)c(C4CCN(CCC#N)CC4)cc3n2)c1Cl. The molecule has 7 nitrogen and oxygen atoms in total. The van der Waals surface area contributed by atoms with Gasteiger partial charge in [-0.1, -0.05) is 43.0 Å². The molecule has 1 aliphatic heterocycles. The lowest BCUT2D eigenvalue weighted by molar-refractivity contribution is 0.216. The number of hydrogen-bond donors (Lipinski definition) is 1. The van der Waals surface area contributed by atoms with Crippen LogP contribution in [0.2, 0.25) is 10.2 Å². The van der Waals surface area contributed by atoms with E-state index in [1.54, 1.807) is 12.4 Å². The highest BCUT2D eigenvalue weighted by Gasteiger charge is 2.23. The number of halogens is 2. The second kappa shape index (κ2) is 11.1. The second-order valence-corrected chi connectivity index (χ2v) is 9.32. The molecule has 9 heteroatoms. The predicted molar refractivity (Wildman–Crippen MR) is 133 cm³/mol. The van der Waals surface area contributed by atoms with Crippen LogP contribution in [0.25, 0.3) is 10.9 Å². The summed E-state index contributed by atoms with van der Waals surface area (Å²) in [7, 11) is 0. The average molecular weight is 486 g/mol. The molecule has 4 rings (SSSR count). The number of nitrogens with zero attached hydrogens (tertiary/aromatic N) is 6. The highest BCUT2D eigenvalue weighted by Crippen LogP contribution is 2.35. The van der Waals surface area contributed by atoms with Crippen LogP contribution in [0.4, 0.5) is 11.6 Å². The molecule has 1 aromatic carbocycles. The van der Waals surface area contributed by atoms with Crippen molar-refractivity contribution >= 4 is 45.7 Å². The smallest absolute Gasteiger partial charge is 0.227 e. The first kappa shape index (κ1) is 23.7. The number of nitrogens with one attached hydrogen (secondary N) is 1. The predicted octanol–water partition coefficient (Wildman–Crippen LogP) is 6.16. The fourth-order valence-corrected chi connectivity index (χ4v) is 4.91. The quantitative estimate of drug-likeness (QED) is 0.365. The summed E-state index contributed by atoms with van der Waals surface area (Å²) in [4.78, 5) is 11.5. The van der Waals surface area contributed by atoms with Crippen molar-refractivity contribution in [1.29, 1.82) is 5.26 Å². The van der Waals surface area contributed by atoms with Gasteiger partial charge in [0.25, 0.3) is 0 Å². The van der Waals surface area contributed by atoms with E-state index in [9.17, 15) is 0 Å². The van der Waals surface area contributed by atoms with Crippen LogP contribution in [0.3, 0.4) is 0 Å². The monoisotopic (exact) mass is 485 g/mol. The number of aromatic nitrogens is 4. The van der Waals surface area contributed by atoms with Gasteiger partial charge in [0.1, 0.15) is 0 Å². The summed E-state index contributed by atoms with van der Waals surface area (Å²) in [5.74, 6) is 0.875. The molecule has 1 N–H and O–H groups in total. The first-order chi connectivity index (χ1) is 16.1. The van der Waals surface area contributed by atoms with E-state index >= 15 is 0 Å². The van der Waals surface area contributed by atoms with Gasteiger partial charge in [-0.05, 0) is 56.0 Å². The summed E-state index contributed by atoms with van der Waals surface area (Å²) in [5, 5.41) is 18.6. The maximum atomic E-state index is 8.82. The van der Waals surface area contributed by atoms with Crippen molar-refractivity contribution in [2.24, 2.45) is 0 Å². The lowest BCUT2D eigenvalue weighted by atomic mass is 9.89. The van der Waals surface area contributed by atoms with Gasteiger partial charge in [-0.2, -0.15) is 10.4 Å². The minimum Gasteiger partial charge on any atom is -0.320 e. The first-order valence-electron chi connectivity index (χ1n) is 11.6. The van der Waals surface area contributed by atoms with Gasteiger partial charge in [0, 0.05) is 36.1 Å². The normalized spacial score (nSPS) is 15.1. The molecule has 1 saturated heterocycles. The molecule has 1 aliphatic rings. The molecular formula is C24H29Cl2N7. The number of likely N-dealkylation sites (tertiary alicyclic amines) is 1. The molecule has 0 bridgehead atoms. The Balaban J connectivity index is 1.49. The maximum Gasteiger partial charge on any atom is 0.227 e. The first-order valence-corrected chi connectivity index (χ1v) is 12.4. The molecule has 1 fully saturated rings. The largest absolute Gasteiger partial charge is 0.320 e. The minimum atomic E-state index is 0.391. The van der Waals surface area contributed by atoms with Crippen LogP contribution in [0.1, 0.15) is 56.9 Å². The van der Waals surface area contributed by atoms with Gasteiger partial charge in [-0.15, -0.1) is 0 Å². The Morgan fingerprint density at radius 2 is 1.97 bits per heavy atom. The minimum absolute atomic E-state index is 0.391. The average Bonchev–Trinajstić information content (AvgIpc) is 3.17. The molecule has 3 heterocycles. The van der Waals surface area contributed by atoms with Crippen molar-refractivity contribution in [3.05, 3.63) is 40.3 Å². The molecular weight excluding hydrogens is 457 g/mol. The highest BCUT2D eigenvalue weighted by atomic mass is 35.5. The molecule has 0 unspecified atom stereocenters. The van der Waals surface area contributed by atoms with E-state index in [1.165, 1.54) is 0 Å². The van der Waals surface area contributed by atoms with Crippen LogP contribution in [-0.4, -0.2) is 44.3 Å². The van der Waals surface area contributed by atoms with Crippen LogP contribution < -0.4 is 5.32 Å². The Labute approximate surface area is 204 Å². The van der Waals surface area contributed by atoms with Gasteiger partial charge in [0.2, 0.25) is 5.95 Å². The zero-order chi connectivity index (χ0) is 23.2. The van der Waals surface area contributed by atoms with E-state index < -0.39 is 0 Å². The van der Waals surface area contributed by atoms with E-state index in [1.807, 2.05) is 10.7 Å². The van der Waals surface area contributed by atoms with Crippen LogP contribution >= 0.6 is 23.2 Å². The molecule has 0 atom stereocenters. The van der Waals surface area contributed by atoms with Gasteiger partial charge >= 0.3 is 0 Å². The van der Waals surface area contributed by atoms with Gasteiger partial charge in [0.05, 0.1) is 23.5 Å². The number of unbranched alkanes of at least 4 members (excludes halogenated alkanes) is 2. The Kier molecular flexibility index (Phi) is 8.02. The van der Waals surface area contributed by atoms with Crippen molar-refractivity contribution < 1.29 is 0 Å².